The van der Waals surface area contributed by atoms with Gasteiger partial charge in [0.05, 0.1) is 40.6 Å². The molecule has 2 heterocycles. The van der Waals surface area contributed by atoms with E-state index in [2.05, 4.69) is 21.6 Å². The summed E-state index contributed by atoms with van der Waals surface area (Å²) in [6.45, 7) is 7.48. The van der Waals surface area contributed by atoms with Gasteiger partial charge in [-0.3, -0.25) is 5.32 Å². The molecular formula is C30H29FN6O2. The maximum Gasteiger partial charge on any atom is 0.408 e. The van der Waals surface area contributed by atoms with E-state index in [4.69, 9.17) is 14.7 Å². The van der Waals surface area contributed by atoms with E-state index in [9.17, 15) is 14.4 Å². The van der Waals surface area contributed by atoms with E-state index in [1.807, 2.05) is 51.1 Å². The van der Waals surface area contributed by atoms with E-state index in [0.717, 1.165) is 23.4 Å². The number of amides is 1. The van der Waals surface area contributed by atoms with Crippen molar-refractivity contribution in [2.75, 3.05) is 24.5 Å². The van der Waals surface area contributed by atoms with E-state index < -0.39 is 11.7 Å². The average Bonchev–Trinajstić information content (AvgIpc) is 2.91. The fourth-order valence-electron chi connectivity index (χ4n) is 4.48. The third-order valence-corrected chi connectivity index (χ3v) is 6.28. The van der Waals surface area contributed by atoms with Gasteiger partial charge in [0, 0.05) is 29.9 Å². The van der Waals surface area contributed by atoms with Gasteiger partial charge in [0.15, 0.2) is 0 Å². The Kier molecular flexibility index (Phi) is 7.13. The van der Waals surface area contributed by atoms with Crippen molar-refractivity contribution >= 4 is 22.8 Å². The molecule has 1 amide bonds. The predicted octanol–water partition coefficient (Wildman–Crippen LogP) is 5.23. The van der Waals surface area contributed by atoms with Gasteiger partial charge in [-0.1, -0.05) is 12.1 Å². The van der Waals surface area contributed by atoms with Gasteiger partial charge in [-0.15, -0.1) is 0 Å². The quantitative estimate of drug-likeness (QED) is 0.377. The van der Waals surface area contributed by atoms with Crippen LogP contribution in [0.25, 0.3) is 33.5 Å². The van der Waals surface area contributed by atoms with Crippen molar-refractivity contribution in [1.29, 1.82) is 5.26 Å². The second-order valence-electron chi connectivity index (χ2n) is 10.4. The number of carbonyl (C=O) groups excluding carboxylic acids is 1. The number of hydrogen-bond acceptors (Lipinski definition) is 7. The molecule has 39 heavy (non-hydrogen) atoms. The fourth-order valence-corrected chi connectivity index (χ4v) is 4.48. The van der Waals surface area contributed by atoms with Crippen LogP contribution >= 0.6 is 0 Å². The summed E-state index contributed by atoms with van der Waals surface area (Å²) in [7, 11) is 0. The first-order valence-corrected chi connectivity index (χ1v) is 12.7. The lowest BCUT2D eigenvalue weighted by molar-refractivity contribution is 0.0493. The van der Waals surface area contributed by atoms with E-state index in [1.165, 1.54) is 12.1 Å². The third-order valence-electron chi connectivity index (χ3n) is 6.28. The highest BCUT2D eigenvalue weighted by molar-refractivity contribution is 5.88. The van der Waals surface area contributed by atoms with E-state index in [0.29, 0.717) is 41.1 Å². The topological polar surface area (TPSA) is 103 Å². The Morgan fingerprint density at radius 1 is 1.03 bits per heavy atom. The van der Waals surface area contributed by atoms with E-state index in [-0.39, 0.29) is 12.0 Å². The second kappa shape index (κ2) is 10.7. The van der Waals surface area contributed by atoms with Gasteiger partial charge in [0.25, 0.3) is 0 Å². The Balaban J connectivity index is 1.48. The number of alkyl carbamates (subject to hydrolysis) is 1. The number of ether oxygens (including phenoxy) is 1. The molecule has 1 saturated heterocycles. The molecule has 198 valence electrons. The molecule has 5 rings (SSSR count). The lowest BCUT2D eigenvalue weighted by atomic mass is 10.0. The SMILES string of the molecule is CC(C)(C)OC(=O)NC1CN(c2ccc3nc(-c4ccc(F)cc4)c(-c4ccc(C#N)cc4)nc3c2)CCN1. The number of halogens is 1. The van der Waals surface area contributed by atoms with Gasteiger partial charge in [-0.25, -0.2) is 19.2 Å². The zero-order valence-electron chi connectivity index (χ0n) is 22.0. The minimum absolute atomic E-state index is 0.273. The van der Waals surface area contributed by atoms with Gasteiger partial charge < -0.3 is 15.0 Å². The summed E-state index contributed by atoms with van der Waals surface area (Å²) in [6.07, 6.45) is -0.739. The van der Waals surface area contributed by atoms with Crippen LogP contribution in [-0.2, 0) is 4.74 Å². The number of aromatic nitrogens is 2. The first-order valence-electron chi connectivity index (χ1n) is 12.7. The number of nitrogens with one attached hydrogen (secondary N) is 2. The van der Waals surface area contributed by atoms with Crippen LogP contribution in [0.15, 0.2) is 66.7 Å². The Morgan fingerprint density at radius 3 is 2.31 bits per heavy atom. The molecule has 0 aliphatic carbocycles. The molecule has 0 bridgehead atoms. The fraction of sp³-hybridized carbons (Fsp3) is 0.267. The number of rotatable bonds is 4. The molecule has 1 unspecified atom stereocenters. The number of carbonyl (C=O) groups is 1. The maximum atomic E-state index is 13.6. The smallest absolute Gasteiger partial charge is 0.408 e. The molecule has 9 heteroatoms. The van der Waals surface area contributed by atoms with Crippen molar-refractivity contribution in [3.05, 3.63) is 78.1 Å². The number of nitriles is 1. The monoisotopic (exact) mass is 524 g/mol. The number of nitrogens with zero attached hydrogens (tertiary/aromatic N) is 4. The molecule has 1 fully saturated rings. The number of hydrogen-bond donors (Lipinski definition) is 2. The van der Waals surface area contributed by atoms with Gasteiger partial charge in [-0.05, 0) is 75.4 Å². The van der Waals surface area contributed by atoms with Crippen LogP contribution in [0.3, 0.4) is 0 Å². The van der Waals surface area contributed by atoms with Crippen molar-refractivity contribution in [3.63, 3.8) is 0 Å². The zero-order chi connectivity index (χ0) is 27.6. The van der Waals surface area contributed by atoms with Crippen molar-refractivity contribution in [2.24, 2.45) is 0 Å². The lowest BCUT2D eigenvalue weighted by Crippen LogP contribution is -2.59. The van der Waals surface area contributed by atoms with Crippen LogP contribution in [0.4, 0.5) is 14.9 Å². The lowest BCUT2D eigenvalue weighted by Gasteiger charge is -2.35. The first kappa shape index (κ1) is 26.1. The summed E-state index contributed by atoms with van der Waals surface area (Å²) in [5.41, 5.74) is 5.14. The van der Waals surface area contributed by atoms with Crippen molar-refractivity contribution in [2.45, 2.75) is 32.5 Å². The summed E-state index contributed by atoms with van der Waals surface area (Å²) in [4.78, 5) is 24.4. The molecule has 4 aromatic rings. The number of piperazine rings is 1. The number of fused-ring (bicyclic) bond motifs is 1. The van der Waals surface area contributed by atoms with Crippen LogP contribution in [0, 0.1) is 17.1 Å². The van der Waals surface area contributed by atoms with Crippen molar-refractivity contribution < 1.29 is 13.9 Å². The van der Waals surface area contributed by atoms with E-state index >= 15 is 0 Å². The molecule has 0 spiro atoms. The van der Waals surface area contributed by atoms with Crippen LogP contribution < -0.4 is 15.5 Å². The molecule has 3 aromatic carbocycles. The second-order valence-corrected chi connectivity index (χ2v) is 10.4. The molecular weight excluding hydrogens is 495 g/mol. The number of benzene rings is 3. The molecule has 1 aliphatic rings. The highest BCUT2D eigenvalue weighted by Gasteiger charge is 2.24. The zero-order valence-corrected chi connectivity index (χ0v) is 22.0. The summed E-state index contributed by atoms with van der Waals surface area (Å²) in [5, 5.41) is 15.4. The Labute approximate surface area is 226 Å². The molecule has 0 radical (unpaired) electrons. The van der Waals surface area contributed by atoms with Gasteiger partial charge in [0.1, 0.15) is 17.6 Å². The predicted molar refractivity (Wildman–Crippen MR) is 148 cm³/mol. The summed E-state index contributed by atoms with van der Waals surface area (Å²) in [5.74, 6) is -0.326. The molecule has 2 N–H and O–H groups in total. The highest BCUT2D eigenvalue weighted by Crippen LogP contribution is 2.32. The van der Waals surface area contributed by atoms with Crippen molar-refractivity contribution in [1.82, 2.24) is 20.6 Å². The Hall–Kier alpha value is -4.55. The third kappa shape index (κ3) is 6.13. The summed E-state index contributed by atoms with van der Waals surface area (Å²) < 4.78 is 19.0. The van der Waals surface area contributed by atoms with Gasteiger partial charge >= 0.3 is 6.09 Å². The molecule has 1 atom stereocenters. The Bertz CT molecular complexity index is 1540. The minimum atomic E-state index is -0.575. The van der Waals surface area contributed by atoms with Crippen LogP contribution in [0.1, 0.15) is 26.3 Å². The van der Waals surface area contributed by atoms with Gasteiger partial charge in [0.2, 0.25) is 0 Å². The first-order chi connectivity index (χ1) is 18.7. The standard InChI is InChI=1S/C30H29FN6O2/c1-30(2,3)39-29(38)36-26-18-37(15-14-33-26)23-12-13-24-25(16-23)35-28(20-6-4-19(17-32)5-7-20)27(34-24)21-8-10-22(31)11-9-21/h4-13,16,26,33H,14-15,18H2,1-3H3,(H,36,38). The average molecular weight is 525 g/mol. The Morgan fingerprint density at radius 2 is 1.67 bits per heavy atom. The molecule has 1 aromatic heterocycles. The largest absolute Gasteiger partial charge is 0.444 e. The van der Waals surface area contributed by atoms with Crippen LogP contribution in [0.5, 0.6) is 0 Å². The van der Waals surface area contributed by atoms with Crippen molar-refractivity contribution in [3.8, 4) is 28.6 Å². The minimum Gasteiger partial charge on any atom is -0.444 e. The van der Waals surface area contributed by atoms with Crippen LogP contribution in [0.2, 0.25) is 0 Å². The van der Waals surface area contributed by atoms with Gasteiger partial charge in [-0.2, -0.15) is 5.26 Å². The molecule has 8 nitrogen and oxygen atoms in total. The van der Waals surface area contributed by atoms with Crippen LogP contribution in [-0.4, -0.2) is 47.5 Å². The summed E-state index contributed by atoms with van der Waals surface area (Å²) in [6, 6.07) is 21.4. The maximum absolute atomic E-state index is 13.6. The van der Waals surface area contributed by atoms with E-state index in [1.54, 1.807) is 24.3 Å². The summed E-state index contributed by atoms with van der Waals surface area (Å²) >= 11 is 0. The number of anilines is 1. The normalized spacial score (nSPS) is 15.6. The molecule has 1 aliphatic heterocycles. The highest BCUT2D eigenvalue weighted by atomic mass is 19.1. The molecule has 0 saturated carbocycles.